The molecular weight excluding hydrogens is 312 g/mol. The Kier molecular flexibility index (Phi) is 6.03. The van der Waals surface area contributed by atoms with E-state index in [1.807, 2.05) is 12.4 Å². The van der Waals surface area contributed by atoms with Gasteiger partial charge in [0.1, 0.15) is 0 Å². The molecule has 2 rings (SSSR count). The molecule has 112 valence electrons. The molecule has 1 heterocycles. The molecule has 1 aliphatic rings. The van der Waals surface area contributed by atoms with Crippen LogP contribution in [0.25, 0.3) is 0 Å². The molecule has 1 aromatic heterocycles. The first-order chi connectivity index (χ1) is 9.54. The largest absolute Gasteiger partial charge is 0.314 e. The zero-order chi connectivity index (χ0) is 14.5. The number of pyridine rings is 1. The molecule has 0 saturated heterocycles. The molecule has 1 fully saturated rings. The van der Waals surface area contributed by atoms with E-state index in [4.69, 9.17) is 0 Å². The van der Waals surface area contributed by atoms with Gasteiger partial charge in [-0.05, 0) is 71.1 Å². The molecule has 1 aliphatic carbocycles. The SMILES string of the molecule is CC1CCC(CNC(C)C)C(Cc2cncc(Br)c2)C1. The molecule has 0 radical (unpaired) electrons. The van der Waals surface area contributed by atoms with E-state index in [9.17, 15) is 0 Å². The second kappa shape index (κ2) is 7.56. The Morgan fingerprint density at radius 2 is 2.10 bits per heavy atom. The van der Waals surface area contributed by atoms with Crippen LogP contribution in [0.5, 0.6) is 0 Å². The zero-order valence-corrected chi connectivity index (χ0v) is 14.5. The lowest BCUT2D eigenvalue weighted by atomic mass is 9.72. The maximum atomic E-state index is 4.31. The second-order valence-electron chi connectivity index (χ2n) is 6.72. The molecule has 2 nitrogen and oxygen atoms in total. The Bertz CT molecular complexity index is 419. The maximum Gasteiger partial charge on any atom is 0.0410 e. The summed E-state index contributed by atoms with van der Waals surface area (Å²) < 4.78 is 1.09. The van der Waals surface area contributed by atoms with Gasteiger partial charge < -0.3 is 5.32 Å². The molecule has 1 aromatic rings. The van der Waals surface area contributed by atoms with Gasteiger partial charge in [0.25, 0.3) is 0 Å². The van der Waals surface area contributed by atoms with Crippen LogP contribution in [0.1, 0.15) is 45.6 Å². The van der Waals surface area contributed by atoms with Crippen molar-refractivity contribution in [3.63, 3.8) is 0 Å². The first-order valence-corrected chi connectivity index (χ1v) is 8.66. The monoisotopic (exact) mass is 338 g/mol. The minimum atomic E-state index is 0.586. The Balaban J connectivity index is 2.00. The molecular formula is C17H27BrN2. The summed E-state index contributed by atoms with van der Waals surface area (Å²) in [7, 11) is 0. The van der Waals surface area contributed by atoms with E-state index in [1.165, 1.54) is 31.2 Å². The molecule has 3 atom stereocenters. The van der Waals surface area contributed by atoms with Crippen LogP contribution >= 0.6 is 15.9 Å². The Morgan fingerprint density at radius 1 is 1.30 bits per heavy atom. The van der Waals surface area contributed by atoms with Gasteiger partial charge in [0, 0.05) is 22.9 Å². The summed E-state index contributed by atoms with van der Waals surface area (Å²) in [5.74, 6) is 2.48. The minimum absolute atomic E-state index is 0.586. The number of hydrogen-bond acceptors (Lipinski definition) is 2. The number of rotatable bonds is 5. The van der Waals surface area contributed by atoms with E-state index in [0.717, 1.165) is 28.8 Å². The van der Waals surface area contributed by atoms with Crippen molar-refractivity contribution in [1.82, 2.24) is 10.3 Å². The molecule has 20 heavy (non-hydrogen) atoms. The van der Waals surface area contributed by atoms with Gasteiger partial charge in [-0.15, -0.1) is 0 Å². The summed E-state index contributed by atoms with van der Waals surface area (Å²) in [5.41, 5.74) is 1.37. The van der Waals surface area contributed by atoms with Crippen LogP contribution in [0, 0.1) is 17.8 Å². The van der Waals surface area contributed by atoms with E-state index in [0.29, 0.717) is 6.04 Å². The predicted octanol–water partition coefficient (Wildman–Crippen LogP) is 4.44. The summed E-state index contributed by atoms with van der Waals surface area (Å²) >= 11 is 3.53. The highest BCUT2D eigenvalue weighted by molar-refractivity contribution is 9.10. The number of nitrogens with zero attached hydrogens (tertiary/aromatic N) is 1. The average Bonchev–Trinajstić information content (AvgIpc) is 2.37. The van der Waals surface area contributed by atoms with Gasteiger partial charge in [-0.1, -0.05) is 27.2 Å². The first kappa shape index (κ1) is 16.0. The van der Waals surface area contributed by atoms with Crippen LogP contribution in [-0.4, -0.2) is 17.6 Å². The van der Waals surface area contributed by atoms with Crippen molar-refractivity contribution in [1.29, 1.82) is 0 Å². The summed E-state index contributed by atoms with van der Waals surface area (Å²) in [4.78, 5) is 4.31. The Labute approximate surface area is 131 Å². The lowest BCUT2D eigenvalue weighted by Crippen LogP contribution is -2.36. The fourth-order valence-corrected chi connectivity index (χ4v) is 3.75. The van der Waals surface area contributed by atoms with Gasteiger partial charge in [0.2, 0.25) is 0 Å². The van der Waals surface area contributed by atoms with Crippen LogP contribution in [0.2, 0.25) is 0 Å². The van der Waals surface area contributed by atoms with Gasteiger partial charge in [-0.2, -0.15) is 0 Å². The quantitative estimate of drug-likeness (QED) is 0.858. The summed E-state index contributed by atoms with van der Waals surface area (Å²) in [6, 6.07) is 2.81. The highest BCUT2D eigenvalue weighted by atomic mass is 79.9. The summed E-state index contributed by atoms with van der Waals surface area (Å²) in [5, 5.41) is 3.63. The predicted molar refractivity (Wildman–Crippen MR) is 88.8 cm³/mol. The molecule has 0 amide bonds. The Hall–Kier alpha value is -0.410. The molecule has 1 N–H and O–H groups in total. The molecule has 0 aliphatic heterocycles. The molecule has 3 heteroatoms. The lowest BCUT2D eigenvalue weighted by Gasteiger charge is -2.35. The van der Waals surface area contributed by atoms with E-state index < -0.39 is 0 Å². The van der Waals surface area contributed by atoms with Crippen molar-refractivity contribution in [2.45, 2.75) is 52.5 Å². The van der Waals surface area contributed by atoms with E-state index in [-0.39, 0.29) is 0 Å². The smallest absolute Gasteiger partial charge is 0.0410 e. The standard InChI is InChI=1S/C17H27BrN2/c1-12(2)20-10-15-5-4-13(3)6-16(15)7-14-8-17(18)11-19-9-14/h8-9,11-13,15-16,20H,4-7,10H2,1-3H3. The van der Waals surface area contributed by atoms with Crippen LogP contribution in [-0.2, 0) is 6.42 Å². The van der Waals surface area contributed by atoms with Crippen molar-refractivity contribution in [3.05, 3.63) is 28.5 Å². The molecule has 0 aromatic carbocycles. The van der Waals surface area contributed by atoms with Crippen LogP contribution < -0.4 is 5.32 Å². The van der Waals surface area contributed by atoms with E-state index in [1.54, 1.807) is 0 Å². The summed E-state index contributed by atoms with van der Waals surface area (Å²) in [6.07, 6.45) is 9.17. The van der Waals surface area contributed by atoms with Crippen LogP contribution in [0.3, 0.4) is 0 Å². The number of aromatic nitrogens is 1. The molecule has 1 saturated carbocycles. The second-order valence-corrected chi connectivity index (χ2v) is 7.63. The van der Waals surface area contributed by atoms with Gasteiger partial charge in [0.15, 0.2) is 0 Å². The molecule has 0 spiro atoms. The molecule has 0 bridgehead atoms. The van der Waals surface area contributed by atoms with Gasteiger partial charge in [0.05, 0.1) is 0 Å². The van der Waals surface area contributed by atoms with Crippen molar-refractivity contribution < 1.29 is 0 Å². The first-order valence-electron chi connectivity index (χ1n) is 7.87. The van der Waals surface area contributed by atoms with Crippen molar-refractivity contribution in [2.75, 3.05) is 6.54 Å². The van der Waals surface area contributed by atoms with E-state index in [2.05, 4.69) is 53.1 Å². The minimum Gasteiger partial charge on any atom is -0.314 e. The van der Waals surface area contributed by atoms with E-state index >= 15 is 0 Å². The molecule has 3 unspecified atom stereocenters. The number of hydrogen-bond donors (Lipinski definition) is 1. The maximum absolute atomic E-state index is 4.31. The van der Waals surface area contributed by atoms with Gasteiger partial charge in [-0.3, -0.25) is 4.98 Å². The zero-order valence-electron chi connectivity index (χ0n) is 12.9. The average molecular weight is 339 g/mol. The lowest BCUT2D eigenvalue weighted by molar-refractivity contribution is 0.181. The van der Waals surface area contributed by atoms with Crippen LogP contribution in [0.15, 0.2) is 22.9 Å². The summed E-state index contributed by atoms with van der Waals surface area (Å²) in [6.45, 7) is 8.03. The third kappa shape index (κ3) is 4.85. The number of halogens is 1. The van der Waals surface area contributed by atoms with Crippen molar-refractivity contribution in [2.24, 2.45) is 17.8 Å². The van der Waals surface area contributed by atoms with Crippen molar-refractivity contribution >= 4 is 15.9 Å². The highest BCUT2D eigenvalue weighted by Crippen LogP contribution is 2.35. The Morgan fingerprint density at radius 3 is 2.80 bits per heavy atom. The fourth-order valence-electron chi connectivity index (χ4n) is 3.34. The van der Waals surface area contributed by atoms with Gasteiger partial charge >= 0.3 is 0 Å². The van der Waals surface area contributed by atoms with Gasteiger partial charge in [-0.25, -0.2) is 0 Å². The fraction of sp³-hybridized carbons (Fsp3) is 0.706. The van der Waals surface area contributed by atoms with Crippen LogP contribution in [0.4, 0.5) is 0 Å². The third-order valence-corrected chi connectivity index (χ3v) is 4.88. The normalized spacial score (nSPS) is 26.9. The highest BCUT2D eigenvalue weighted by Gasteiger charge is 2.28. The topological polar surface area (TPSA) is 24.9 Å². The third-order valence-electron chi connectivity index (χ3n) is 4.45. The van der Waals surface area contributed by atoms with Crippen molar-refractivity contribution in [3.8, 4) is 0 Å². The number of nitrogens with one attached hydrogen (secondary N) is 1.